The summed E-state index contributed by atoms with van der Waals surface area (Å²) in [7, 11) is -3.45. The lowest BCUT2D eigenvalue weighted by Crippen LogP contribution is -2.31. The topological polar surface area (TPSA) is 59.5 Å². The summed E-state index contributed by atoms with van der Waals surface area (Å²) in [4.78, 5) is 4.06. The standard InChI is InChI=1S/C15H22N2O3S/c1-2-20-14-6-7-15(16-10-14)21(18,19)17-9-8-13(11-17)12-4-3-5-12/h6-7,10,12-13H,2-5,8-9,11H2,1H3. The molecule has 0 N–H and O–H groups in total. The second kappa shape index (κ2) is 5.93. The molecule has 1 aromatic heterocycles. The van der Waals surface area contributed by atoms with E-state index in [1.165, 1.54) is 31.5 Å². The number of nitrogens with zero attached hydrogens (tertiary/aromatic N) is 2. The lowest BCUT2D eigenvalue weighted by Gasteiger charge is -2.31. The van der Waals surface area contributed by atoms with Gasteiger partial charge in [-0.15, -0.1) is 0 Å². The van der Waals surface area contributed by atoms with Crippen LogP contribution in [0.3, 0.4) is 0 Å². The van der Waals surface area contributed by atoms with Crippen molar-refractivity contribution >= 4 is 10.0 Å². The average molecular weight is 310 g/mol. The molecule has 1 unspecified atom stereocenters. The number of rotatable bonds is 5. The third-order valence-electron chi connectivity index (χ3n) is 4.63. The Labute approximate surface area is 126 Å². The fourth-order valence-corrected chi connectivity index (χ4v) is 4.60. The first kappa shape index (κ1) is 14.8. The third-order valence-corrected chi connectivity index (χ3v) is 6.41. The minimum Gasteiger partial charge on any atom is -0.492 e. The Bertz CT molecular complexity index is 581. The quantitative estimate of drug-likeness (QED) is 0.837. The van der Waals surface area contributed by atoms with Gasteiger partial charge in [-0.05, 0) is 37.3 Å². The van der Waals surface area contributed by atoms with E-state index < -0.39 is 10.0 Å². The largest absolute Gasteiger partial charge is 0.492 e. The van der Waals surface area contributed by atoms with E-state index in [1.54, 1.807) is 10.4 Å². The number of ether oxygens (including phenoxy) is 1. The lowest BCUT2D eigenvalue weighted by molar-refractivity contribution is 0.214. The summed E-state index contributed by atoms with van der Waals surface area (Å²) in [6.07, 6.45) is 6.30. The van der Waals surface area contributed by atoms with Crippen molar-refractivity contribution in [3.05, 3.63) is 18.3 Å². The molecular weight excluding hydrogens is 288 g/mol. The van der Waals surface area contributed by atoms with Gasteiger partial charge in [-0.25, -0.2) is 13.4 Å². The van der Waals surface area contributed by atoms with Gasteiger partial charge in [0.25, 0.3) is 10.0 Å². The molecule has 1 saturated heterocycles. The molecule has 2 heterocycles. The van der Waals surface area contributed by atoms with E-state index in [1.807, 2.05) is 6.92 Å². The van der Waals surface area contributed by atoms with Crippen molar-refractivity contribution in [3.8, 4) is 5.75 Å². The van der Waals surface area contributed by atoms with Gasteiger partial charge in [0.1, 0.15) is 5.75 Å². The first-order valence-corrected chi connectivity index (χ1v) is 9.14. The van der Waals surface area contributed by atoms with Crippen LogP contribution in [0.2, 0.25) is 0 Å². The van der Waals surface area contributed by atoms with Gasteiger partial charge in [0.2, 0.25) is 0 Å². The molecule has 1 saturated carbocycles. The van der Waals surface area contributed by atoms with Crippen molar-refractivity contribution in [3.63, 3.8) is 0 Å². The molecule has 1 atom stereocenters. The smallest absolute Gasteiger partial charge is 0.260 e. The molecule has 0 aromatic carbocycles. The van der Waals surface area contributed by atoms with Crippen molar-refractivity contribution in [2.75, 3.05) is 19.7 Å². The summed E-state index contributed by atoms with van der Waals surface area (Å²) in [6, 6.07) is 3.21. The Morgan fingerprint density at radius 1 is 1.29 bits per heavy atom. The van der Waals surface area contributed by atoms with Crippen LogP contribution in [0, 0.1) is 11.8 Å². The van der Waals surface area contributed by atoms with Crippen molar-refractivity contribution in [2.45, 2.75) is 37.6 Å². The maximum absolute atomic E-state index is 12.6. The van der Waals surface area contributed by atoms with Crippen LogP contribution in [0.5, 0.6) is 5.75 Å². The molecule has 1 aliphatic heterocycles. The average Bonchev–Trinajstić information content (AvgIpc) is 2.88. The van der Waals surface area contributed by atoms with E-state index >= 15 is 0 Å². The van der Waals surface area contributed by atoms with E-state index in [4.69, 9.17) is 4.74 Å². The van der Waals surface area contributed by atoms with Crippen molar-refractivity contribution in [1.29, 1.82) is 0 Å². The molecule has 5 nitrogen and oxygen atoms in total. The van der Waals surface area contributed by atoms with Gasteiger partial charge >= 0.3 is 0 Å². The second-order valence-electron chi connectivity index (χ2n) is 5.87. The third kappa shape index (κ3) is 2.92. The van der Waals surface area contributed by atoms with E-state index in [0.29, 0.717) is 31.4 Å². The molecule has 116 valence electrons. The van der Waals surface area contributed by atoms with Gasteiger partial charge in [-0.3, -0.25) is 0 Å². The maximum atomic E-state index is 12.6. The SMILES string of the molecule is CCOc1ccc(S(=O)(=O)N2CCC(C3CCC3)C2)nc1. The van der Waals surface area contributed by atoms with Crippen LogP contribution in [-0.2, 0) is 10.0 Å². The van der Waals surface area contributed by atoms with Crippen molar-refractivity contribution in [1.82, 2.24) is 9.29 Å². The van der Waals surface area contributed by atoms with E-state index in [2.05, 4.69) is 4.98 Å². The van der Waals surface area contributed by atoms with Crippen LogP contribution >= 0.6 is 0 Å². The Hall–Kier alpha value is -1.14. The van der Waals surface area contributed by atoms with E-state index in [9.17, 15) is 8.42 Å². The molecule has 3 rings (SSSR count). The zero-order chi connectivity index (χ0) is 14.9. The zero-order valence-electron chi connectivity index (χ0n) is 12.4. The van der Waals surface area contributed by atoms with Gasteiger partial charge < -0.3 is 4.74 Å². The number of pyridine rings is 1. The molecule has 2 aliphatic rings. The Morgan fingerprint density at radius 3 is 2.67 bits per heavy atom. The van der Waals surface area contributed by atoms with Gasteiger partial charge in [0, 0.05) is 13.1 Å². The van der Waals surface area contributed by atoms with Crippen LogP contribution in [0.1, 0.15) is 32.6 Å². The van der Waals surface area contributed by atoms with Crippen LogP contribution in [0.15, 0.2) is 23.4 Å². The first-order chi connectivity index (χ1) is 10.1. The normalized spacial score (nSPS) is 24.0. The van der Waals surface area contributed by atoms with Gasteiger partial charge in [-0.2, -0.15) is 4.31 Å². The molecule has 1 aromatic rings. The number of sulfonamides is 1. The lowest BCUT2D eigenvalue weighted by atomic mass is 9.75. The molecule has 1 aliphatic carbocycles. The zero-order valence-corrected chi connectivity index (χ0v) is 13.2. The Kier molecular flexibility index (Phi) is 4.17. The van der Waals surface area contributed by atoms with Crippen molar-refractivity contribution in [2.24, 2.45) is 11.8 Å². The molecule has 21 heavy (non-hydrogen) atoms. The highest BCUT2D eigenvalue weighted by Crippen LogP contribution is 2.39. The van der Waals surface area contributed by atoms with Crippen LogP contribution in [0.4, 0.5) is 0 Å². The van der Waals surface area contributed by atoms with E-state index in [-0.39, 0.29) is 5.03 Å². The number of hydrogen-bond acceptors (Lipinski definition) is 4. The van der Waals surface area contributed by atoms with Crippen LogP contribution in [0.25, 0.3) is 0 Å². The second-order valence-corrected chi connectivity index (χ2v) is 7.75. The summed E-state index contributed by atoms with van der Waals surface area (Å²) in [5.74, 6) is 1.87. The van der Waals surface area contributed by atoms with Gasteiger partial charge in [-0.1, -0.05) is 19.3 Å². The molecular formula is C15H22N2O3S. The molecule has 2 fully saturated rings. The predicted octanol–water partition coefficient (Wildman–Crippen LogP) is 2.29. The van der Waals surface area contributed by atoms with Crippen LogP contribution in [-0.4, -0.2) is 37.4 Å². The summed E-state index contributed by atoms with van der Waals surface area (Å²) < 4.78 is 32.1. The van der Waals surface area contributed by atoms with Crippen LogP contribution < -0.4 is 4.74 Å². The Balaban J connectivity index is 1.71. The summed E-state index contributed by atoms with van der Waals surface area (Å²) in [5, 5.41) is 0.125. The number of hydrogen-bond donors (Lipinski definition) is 0. The Morgan fingerprint density at radius 2 is 2.10 bits per heavy atom. The fraction of sp³-hybridized carbons (Fsp3) is 0.667. The summed E-state index contributed by atoms with van der Waals surface area (Å²) in [6.45, 7) is 3.71. The first-order valence-electron chi connectivity index (χ1n) is 7.70. The molecule has 0 amide bonds. The van der Waals surface area contributed by atoms with Gasteiger partial charge in [0.15, 0.2) is 5.03 Å². The highest BCUT2D eigenvalue weighted by atomic mass is 32.2. The maximum Gasteiger partial charge on any atom is 0.260 e. The molecule has 0 bridgehead atoms. The molecule has 6 heteroatoms. The predicted molar refractivity (Wildman–Crippen MR) is 79.6 cm³/mol. The highest BCUT2D eigenvalue weighted by molar-refractivity contribution is 7.89. The van der Waals surface area contributed by atoms with E-state index in [0.717, 1.165) is 12.3 Å². The minimum absolute atomic E-state index is 0.125. The van der Waals surface area contributed by atoms with Gasteiger partial charge in [0.05, 0.1) is 12.8 Å². The minimum atomic E-state index is -3.45. The monoisotopic (exact) mass is 310 g/mol. The molecule has 0 radical (unpaired) electrons. The molecule has 0 spiro atoms. The fourth-order valence-electron chi connectivity index (χ4n) is 3.17. The van der Waals surface area contributed by atoms with Crippen molar-refractivity contribution < 1.29 is 13.2 Å². The summed E-state index contributed by atoms with van der Waals surface area (Å²) >= 11 is 0. The number of aromatic nitrogens is 1. The summed E-state index contributed by atoms with van der Waals surface area (Å²) in [5.41, 5.74) is 0. The highest BCUT2D eigenvalue weighted by Gasteiger charge is 2.38.